The molecule has 3 aliphatic rings. The first kappa shape index (κ1) is 14.4. The molecule has 3 rings (SSSR count). The Balaban J connectivity index is 1.92. The molecule has 2 fully saturated rings. The fourth-order valence-electron chi connectivity index (χ4n) is 5.61. The van der Waals surface area contributed by atoms with E-state index in [9.17, 15) is 4.79 Å². The number of hydrogen-bond donors (Lipinski definition) is 0. The molecule has 0 aliphatic heterocycles. The van der Waals surface area contributed by atoms with Crippen molar-refractivity contribution >= 4 is 5.78 Å². The summed E-state index contributed by atoms with van der Waals surface area (Å²) in [5.74, 6) is 2.91. The molecule has 2 saturated carbocycles. The van der Waals surface area contributed by atoms with E-state index in [0.29, 0.717) is 16.6 Å². The molecule has 0 aromatic carbocycles. The number of fused-ring (bicyclic) bond motifs is 3. The Kier molecular flexibility index (Phi) is 3.38. The van der Waals surface area contributed by atoms with Crippen molar-refractivity contribution in [2.45, 2.75) is 72.6 Å². The van der Waals surface area contributed by atoms with Gasteiger partial charge in [0.05, 0.1) is 0 Å². The SMILES string of the molecule is CCC1(C)CCC2C(CCC3=CC(=O)CCC32C)C1C. The van der Waals surface area contributed by atoms with Crippen LogP contribution in [0.25, 0.3) is 0 Å². The van der Waals surface area contributed by atoms with E-state index in [0.717, 1.165) is 30.6 Å². The van der Waals surface area contributed by atoms with Gasteiger partial charge in [-0.05, 0) is 66.8 Å². The maximum Gasteiger partial charge on any atom is 0.155 e. The molecule has 1 heteroatoms. The first-order valence-electron chi connectivity index (χ1n) is 8.64. The van der Waals surface area contributed by atoms with Gasteiger partial charge >= 0.3 is 0 Å². The standard InChI is InChI=1S/C19H30O/c1-5-18(3)10-9-17-16(13(18)2)7-6-14-12-15(20)8-11-19(14,17)4/h12-13,16-17H,5-11H2,1-4H3. The van der Waals surface area contributed by atoms with Gasteiger partial charge < -0.3 is 0 Å². The maximum absolute atomic E-state index is 11.8. The van der Waals surface area contributed by atoms with Crippen molar-refractivity contribution in [3.8, 4) is 0 Å². The van der Waals surface area contributed by atoms with Crippen LogP contribution in [0.5, 0.6) is 0 Å². The van der Waals surface area contributed by atoms with Gasteiger partial charge in [0.2, 0.25) is 0 Å². The molecule has 0 radical (unpaired) electrons. The van der Waals surface area contributed by atoms with Crippen LogP contribution in [-0.4, -0.2) is 5.78 Å². The molecular weight excluding hydrogens is 244 g/mol. The van der Waals surface area contributed by atoms with Crippen molar-refractivity contribution in [1.82, 2.24) is 0 Å². The largest absolute Gasteiger partial charge is 0.295 e. The van der Waals surface area contributed by atoms with Crippen LogP contribution in [0.2, 0.25) is 0 Å². The lowest BCUT2D eigenvalue weighted by molar-refractivity contribution is -0.117. The van der Waals surface area contributed by atoms with Crippen LogP contribution in [0.4, 0.5) is 0 Å². The van der Waals surface area contributed by atoms with Crippen molar-refractivity contribution in [2.24, 2.45) is 28.6 Å². The molecule has 0 amide bonds. The number of hydrogen-bond acceptors (Lipinski definition) is 1. The maximum atomic E-state index is 11.8. The van der Waals surface area contributed by atoms with Crippen LogP contribution < -0.4 is 0 Å². The molecule has 0 heterocycles. The van der Waals surface area contributed by atoms with Crippen LogP contribution in [0.1, 0.15) is 72.6 Å². The third-order valence-corrected chi connectivity index (χ3v) is 7.62. The number of carbonyl (C=O) groups is 1. The molecule has 112 valence electrons. The van der Waals surface area contributed by atoms with Crippen LogP contribution in [0.3, 0.4) is 0 Å². The van der Waals surface area contributed by atoms with Gasteiger partial charge in [-0.3, -0.25) is 4.79 Å². The van der Waals surface area contributed by atoms with Gasteiger partial charge in [0.1, 0.15) is 0 Å². The third-order valence-electron chi connectivity index (χ3n) is 7.62. The first-order valence-corrected chi connectivity index (χ1v) is 8.64. The molecule has 3 aliphatic carbocycles. The predicted molar refractivity (Wildman–Crippen MR) is 83.4 cm³/mol. The lowest BCUT2D eigenvalue weighted by Crippen LogP contribution is -2.49. The third kappa shape index (κ3) is 1.92. The molecule has 0 saturated heterocycles. The topological polar surface area (TPSA) is 17.1 Å². The molecule has 0 aromatic rings. The van der Waals surface area contributed by atoms with Crippen LogP contribution in [0.15, 0.2) is 11.6 Å². The summed E-state index contributed by atoms with van der Waals surface area (Å²) < 4.78 is 0. The zero-order chi connectivity index (χ0) is 14.5. The summed E-state index contributed by atoms with van der Waals surface area (Å²) in [6, 6.07) is 0. The minimum atomic E-state index is 0.333. The first-order chi connectivity index (χ1) is 9.40. The Labute approximate surface area is 124 Å². The van der Waals surface area contributed by atoms with Gasteiger partial charge in [0.15, 0.2) is 5.78 Å². The van der Waals surface area contributed by atoms with Crippen molar-refractivity contribution in [2.75, 3.05) is 0 Å². The second-order valence-corrected chi connectivity index (χ2v) is 8.20. The van der Waals surface area contributed by atoms with E-state index in [2.05, 4.69) is 27.7 Å². The summed E-state index contributed by atoms with van der Waals surface area (Å²) in [6.07, 6.45) is 10.5. The highest BCUT2D eigenvalue weighted by atomic mass is 16.1. The average molecular weight is 274 g/mol. The number of rotatable bonds is 1. The van der Waals surface area contributed by atoms with E-state index in [1.807, 2.05) is 6.08 Å². The van der Waals surface area contributed by atoms with Crippen LogP contribution in [0, 0.1) is 28.6 Å². The molecule has 5 unspecified atom stereocenters. The second kappa shape index (κ2) is 4.71. The van der Waals surface area contributed by atoms with Crippen molar-refractivity contribution in [1.29, 1.82) is 0 Å². The van der Waals surface area contributed by atoms with Crippen molar-refractivity contribution < 1.29 is 4.79 Å². The molecule has 20 heavy (non-hydrogen) atoms. The summed E-state index contributed by atoms with van der Waals surface area (Å²) in [6.45, 7) is 9.84. The highest BCUT2D eigenvalue weighted by molar-refractivity contribution is 5.91. The Morgan fingerprint density at radius 3 is 2.65 bits per heavy atom. The summed E-state index contributed by atoms with van der Waals surface area (Å²) in [5.41, 5.74) is 2.37. The van der Waals surface area contributed by atoms with Crippen molar-refractivity contribution in [3.63, 3.8) is 0 Å². The van der Waals surface area contributed by atoms with E-state index in [1.165, 1.54) is 37.7 Å². The normalized spacial score (nSPS) is 48.3. The van der Waals surface area contributed by atoms with Gasteiger partial charge in [-0.2, -0.15) is 0 Å². The Morgan fingerprint density at radius 2 is 1.95 bits per heavy atom. The van der Waals surface area contributed by atoms with E-state index >= 15 is 0 Å². The van der Waals surface area contributed by atoms with Crippen molar-refractivity contribution in [3.05, 3.63) is 11.6 Å². The molecule has 1 nitrogen and oxygen atoms in total. The predicted octanol–water partition coefficient (Wildman–Crippen LogP) is 5.15. The molecule has 5 atom stereocenters. The molecule has 0 aromatic heterocycles. The van der Waals surface area contributed by atoms with E-state index in [1.54, 1.807) is 0 Å². The Hall–Kier alpha value is -0.590. The van der Waals surface area contributed by atoms with Gasteiger partial charge in [-0.25, -0.2) is 0 Å². The monoisotopic (exact) mass is 274 g/mol. The number of ketones is 1. The van der Waals surface area contributed by atoms with Gasteiger partial charge in [0, 0.05) is 6.42 Å². The van der Waals surface area contributed by atoms with E-state index in [4.69, 9.17) is 0 Å². The van der Waals surface area contributed by atoms with E-state index in [-0.39, 0.29) is 0 Å². The number of carbonyl (C=O) groups excluding carboxylic acids is 1. The molecule has 0 N–H and O–H groups in total. The molecule has 0 spiro atoms. The molecule has 0 bridgehead atoms. The minimum absolute atomic E-state index is 0.333. The zero-order valence-corrected chi connectivity index (χ0v) is 13.7. The van der Waals surface area contributed by atoms with Gasteiger partial charge in [-0.15, -0.1) is 0 Å². The minimum Gasteiger partial charge on any atom is -0.295 e. The van der Waals surface area contributed by atoms with Gasteiger partial charge in [0.25, 0.3) is 0 Å². The van der Waals surface area contributed by atoms with Gasteiger partial charge in [-0.1, -0.05) is 39.7 Å². The fraction of sp³-hybridized carbons (Fsp3) is 0.842. The quantitative estimate of drug-likeness (QED) is 0.646. The summed E-state index contributed by atoms with van der Waals surface area (Å²) in [7, 11) is 0. The second-order valence-electron chi connectivity index (χ2n) is 8.20. The smallest absolute Gasteiger partial charge is 0.155 e. The number of allylic oxidation sites excluding steroid dienone is 2. The molecular formula is C19H30O. The van der Waals surface area contributed by atoms with Crippen LogP contribution in [-0.2, 0) is 4.79 Å². The Morgan fingerprint density at radius 1 is 1.20 bits per heavy atom. The lowest BCUT2D eigenvalue weighted by atomic mass is 9.47. The highest BCUT2D eigenvalue weighted by Crippen LogP contribution is 2.61. The summed E-state index contributed by atoms with van der Waals surface area (Å²) >= 11 is 0. The van der Waals surface area contributed by atoms with E-state index < -0.39 is 0 Å². The lowest BCUT2D eigenvalue weighted by Gasteiger charge is -2.58. The summed E-state index contributed by atoms with van der Waals surface area (Å²) in [4.78, 5) is 11.8. The fourth-order valence-corrected chi connectivity index (χ4v) is 5.61. The van der Waals surface area contributed by atoms with Crippen LogP contribution >= 0.6 is 0 Å². The Bertz CT molecular complexity index is 449. The summed E-state index contributed by atoms with van der Waals surface area (Å²) in [5, 5.41) is 0. The zero-order valence-electron chi connectivity index (χ0n) is 13.7. The average Bonchev–Trinajstić information content (AvgIpc) is 2.43. The highest BCUT2D eigenvalue weighted by Gasteiger charge is 2.53.